The van der Waals surface area contributed by atoms with Crippen molar-refractivity contribution in [2.75, 3.05) is 6.54 Å². The third-order valence-electron chi connectivity index (χ3n) is 5.34. The molecule has 3 atom stereocenters. The van der Waals surface area contributed by atoms with E-state index in [9.17, 15) is 14.7 Å². The molecule has 0 aromatic carbocycles. The van der Waals surface area contributed by atoms with Crippen LogP contribution in [0.2, 0.25) is 0 Å². The van der Waals surface area contributed by atoms with Crippen LogP contribution in [0.15, 0.2) is 12.3 Å². The number of rotatable bonds is 3. The van der Waals surface area contributed by atoms with Gasteiger partial charge < -0.3 is 20.3 Å². The van der Waals surface area contributed by atoms with E-state index in [2.05, 4.69) is 0 Å². The Labute approximate surface area is 136 Å². The molecule has 1 saturated heterocycles. The Kier molecular flexibility index (Phi) is 4.43. The largest absolute Gasteiger partial charge is 0.393 e. The zero-order valence-corrected chi connectivity index (χ0v) is 13.6. The zero-order valence-electron chi connectivity index (χ0n) is 13.6. The van der Waals surface area contributed by atoms with Gasteiger partial charge in [0, 0.05) is 31.7 Å². The molecule has 1 aliphatic heterocycles. The quantitative estimate of drug-likeness (QED) is 0.879. The van der Waals surface area contributed by atoms with E-state index in [-0.39, 0.29) is 24.0 Å². The molecule has 2 aliphatic rings. The highest BCUT2D eigenvalue weighted by atomic mass is 16.3. The number of hydrogen-bond donors (Lipinski definition) is 2. The van der Waals surface area contributed by atoms with Crippen molar-refractivity contribution in [1.82, 2.24) is 9.47 Å². The average molecular weight is 319 g/mol. The summed E-state index contributed by atoms with van der Waals surface area (Å²) in [5.74, 6) is -0.424. The minimum Gasteiger partial charge on any atom is -0.393 e. The van der Waals surface area contributed by atoms with Crippen LogP contribution in [0.4, 0.5) is 0 Å². The van der Waals surface area contributed by atoms with Gasteiger partial charge in [0.15, 0.2) is 0 Å². The first kappa shape index (κ1) is 16.1. The lowest BCUT2D eigenvalue weighted by Gasteiger charge is -2.37. The molecule has 1 saturated carbocycles. The highest BCUT2D eigenvalue weighted by Crippen LogP contribution is 2.35. The number of primary amides is 1. The van der Waals surface area contributed by atoms with Gasteiger partial charge in [0.2, 0.25) is 5.91 Å². The molecule has 0 bridgehead atoms. The van der Waals surface area contributed by atoms with Gasteiger partial charge in [-0.2, -0.15) is 0 Å². The molecule has 23 heavy (non-hydrogen) atoms. The maximum absolute atomic E-state index is 12.9. The fraction of sp³-hybridized carbons (Fsp3) is 0.647. The molecule has 2 amide bonds. The fourth-order valence-corrected chi connectivity index (χ4v) is 4.14. The van der Waals surface area contributed by atoms with Gasteiger partial charge in [-0.3, -0.25) is 9.59 Å². The first-order chi connectivity index (χ1) is 11.0. The molecule has 3 N–H and O–H groups in total. The Morgan fingerprint density at radius 1 is 1.22 bits per heavy atom. The van der Waals surface area contributed by atoms with Crippen molar-refractivity contribution in [3.63, 3.8) is 0 Å². The molecular formula is C17H25N3O3. The highest BCUT2D eigenvalue weighted by molar-refractivity contribution is 5.99. The second-order valence-corrected chi connectivity index (χ2v) is 6.81. The van der Waals surface area contributed by atoms with Crippen molar-refractivity contribution in [3.05, 3.63) is 23.5 Å². The molecule has 1 aromatic heterocycles. The van der Waals surface area contributed by atoms with E-state index in [1.165, 1.54) is 0 Å². The van der Waals surface area contributed by atoms with Gasteiger partial charge in [0.25, 0.3) is 5.91 Å². The van der Waals surface area contributed by atoms with Crippen LogP contribution in [0.5, 0.6) is 0 Å². The van der Waals surface area contributed by atoms with Crippen molar-refractivity contribution in [1.29, 1.82) is 0 Å². The number of carbonyl (C=O) groups excluding carboxylic acids is 2. The Morgan fingerprint density at radius 2 is 1.96 bits per heavy atom. The summed E-state index contributed by atoms with van der Waals surface area (Å²) in [7, 11) is 1.75. The van der Waals surface area contributed by atoms with Gasteiger partial charge in [0.1, 0.15) is 5.69 Å². The summed E-state index contributed by atoms with van der Waals surface area (Å²) >= 11 is 0. The molecule has 0 spiro atoms. The molecule has 2 fully saturated rings. The summed E-state index contributed by atoms with van der Waals surface area (Å²) in [5, 5.41) is 10.3. The van der Waals surface area contributed by atoms with Crippen molar-refractivity contribution in [2.45, 2.75) is 50.7 Å². The number of amides is 2. The van der Waals surface area contributed by atoms with Gasteiger partial charge in [-0.05, 0) is 31.7 Å². The van der Waals surface area contributed by atoms with Crippen LogP contribution in [0.3, 0.4) is 0 Å². The van der Waals surface area contributed by atoms with E-state index in [1.807, 2.05) is 4.90 Å². The molecule has 0 radical (unpaired) electrons. The normalized spacial score (nSPS) is 28.1. The number of nitrogens with two attached hydrogens (primary N) is 1. The number of nitrogens with zero attached hydrogens (tertiary/aromatic N) is 2. The maximum Gasteiger partial charge on any atom is 0.270 e. The molecule has 126 valence electrons. The predicted octanol–water partition coefficient (Wildman–Crippen LogP) is 1.28. The molecule has 1 aromatic rings. The summed E-state index contributed by atoms with van der Waals surface area (Å²) in [6.45, 7) is 0.712. The van der Waals surface area contributed by atoms with Gasteiger partial charge in [0.05, 0.1) is 11.7 Å². The number of aryl methyl sites for hydroxylation is 1. The van der Waals surface area contributed by atoms with E-state index in [4.69, 9.17) is 5.73 Å². The van der Waals surface area contributed by atoms with Crippen LogP contribution in [0, 0.1) is 5.92 Å². The van der Waals surface area contributed by atoms with E-state index >= 15 is 0 Å². The van der Waals surface area contributed by atoms with Crippen molar-refractivity contribution in [3.8, 4) is 0 Å². The summed E-state index contributed by atoms with van der Waals surface area (Å²) in [6.07, 6.45) is 7.20. The fourth-order valence-electron chi connectivity index (χ4n) is 4.14. The van der Waals surface area contributed by atoms with Crippen LogP contribution in [0.25, 0.3) is 0 Å². The van der Waals surface area contributed by atoms with Gasteiger partial charge >= 0.3 is 0 Å². The monoisotopic (exact) mass is 319 g/mol. The van der Waals surface area contributed by atoms with E-state index in [0.717, 1.165) is 38.5 Å². The summed E-state index contributed by atoms with van der Waals surface area (Å²) in [5.41, 5.74) is 6.14. The van der Waals surface area contributed by atoms with Crippen LogP contribution < -0.4 is 5.73 Å². The standard InChI is InChI=1S/C17H25N3O3/c1-19-10-11(16(18)22)9-14(19)17(23)20-8-4-6-13(20)12-5-2-3-7-15(12)21/h9-10,12-13,15,21H,2-8H2,1H3,(H2,18,22)/t12-,13-,15+/m1/s1. The average Bonchev–Trinajstić information content (AvgIpc) is 3.14. The van der Waals surface area contributed by atoms with Crippen molar-refractivity contribution in [2.24, 2.45) is 18.7 Å². The number of aromatic nitrogens is 1. The smallest absolute Gasteiger partial charge is 0.270 e. The van der Waals surface area contributed by atoms with Crippen molar-refractivity contribution < 1.29 is 14.7 Å². The number of aliphatic hydroxyl groups excluding tert-OH is 1. The van der Waals surface area contributed by atoms with Crippen LogP contribution >= 0.6 is 0 Å². The van der Waals surface area contributed by atoms with Crippen molar-refractivity contribution >= 4 is 11.8 Å². The molecule has 6 nitrogen and oxygen atoms in total. The van der Waals surface area contributed by atoms with E-state index in [1.54, 1.807) is 23.9 Å². The summed E-state index contributed by atoms with van der Waals surface area (Å²) < 4.78 is 1.66. The second-order valence-electron chi connectivity index (χ2n) is 6.81. The Bertz CT molecular complexity index is 610. The predicted molar refractivity (Wildman–Crippen MR) is 86.0 cm³/mol. The molecule has 1 aliphatic carbocycles. The third kappa shape index (κ3) is 3.00. The summed E-state index contributed by atoms with van der Waals surface area (Å²) in [4.78, 5) is 26.1. The molecular weight excluding hydrogens is 294 g/mol. The zero-order chi connectivity index (χ0) is 16.6. The van der Waals surface area contributed by atoms with Crippen LogP contribution in [-0.4, -0.2) is 45.1 Å². The van der Waals surface area contributed by atoms with Gasteiger partial charge in [-0.1, -0.05) is 12.8 Å². The van der Waals surface area contributed by atoms with Gasteiger partial charge in [-0.15, -0.1) is 0 Å². The molecule has 6 heteroatoms. The number of carbonyl (C=O) groups is 2. The van der Waals surface area contributed by atoms with Crippen LogP contribution in [-0.2, 0) is 7.05 Å². The Balaban J connectivity index is 1.82. The topological polar surface area (TPSA) is 88.6 Å². The number of likely N-dealkylation sites (tertiary alicyclic amines) is 1. The third-order valence-corrected chi connectivity index (χ3v) is 5.34. The second kappa shape index (κ2) is 6.35. The highest BCUT2D eigenvalue weighted by Gasteiger charge is 2.39. The Morgan fingerprint density at radius 3 is 2.61 bits per heavy atom. The first-order valence-corrected chi connectivity index (χ1v) is 8.44. The first-order valence-electron chi connectivity index (χ1n) is 8.44. The molecule has 0 unspecified atom stereocenters. The van der Waals surface area contributed by atoms with Gasteiger partial charge in [-0.25, -0.2) is 0 Å². The SMILES string of the molecule is Cn1cc(C(N)=O)cc1C(=O)N1CCC[C@@H]1[C@H]1CCCC[C@@H]1O. The number of hydrogen-bond acceptors (Lipinski definition) is 3. The van der Waals surface area contributed by atoms with E-state index < -0.39 is 5.91 Å². The van der Waals surface area contributed by atoms with Crippen LogP contribution in [0.1, 0.15) is 59.4 Å². The lowest BCUT2D eigenvalue weighted by molar-refractivity contribution is 0.0208. The summed E-state index contributed by atoms with van der Waals surface area (Å²) in [6, 6.07) is 1.67. The minimum atomic E-state index is -0.527. The molecule has 2 heterocycles. The Hall–Kier alpha value is -1.82. The number of aliphatic hydroxyl groups is 1. The maximum atomic E-state index is 12.9. The lowest BCUT2D eigenvalue weighted by Crippen LogP contribution is -2.45. The lowest BCUT2D eigenvalue weighted by atomic mass is 9.80. The minimum absolute atomic E-state index is 0.0692. The van der Waals surface area contributed by atoms with E-state index in [0.29, 0.717) is 17.8 Å². The molecule has 3 rings (SSSR count).